The summed E-state index contributed by atoms with van der Waals surface area (Å²) in [5.74, 6) is -8.36. The van der Waals surface area contributed by atoms with Crippen LogP contribution in [0.1, 0.15) is 10.4 Å². The van der Waals surface area contributed by atoms with E-state index in [4.69, 9.17) is 27.9 Å². The maximum absolute atomic E-state index is 13.7. The number of rotatable bonds is 7. The van der Waals surface area contributed by atoms with Gasteiger partial charge in [-0.3, -0.25) is 0 Å². The van der Waals surface area contributed by atoms with Gasteiger partial charge in [-0.05, 0) is 6.07 Å². The maximum atomic E-state index is 13.7. The summed E-state index contributed by atoms with van der Waals surface area (Å²) in [5.41, 5.74) is -0.785. The molecule has 0 atom stereocenters. The molecule has 12 heteroatoms. The lowest BCUT2D eigenvalue weighted by atomic mass is 10.2. The number of carbonyl (C=O) groups is 1. The van der Waals surface area contributed by atoms with Crippen molar-refractivity contribution in [1.29, 1.82) is 0 Å². The van der Waals surface area contributed by atoms with E-state index in [0.717, 1.165) is 18.3 Å². The lowest BCUT2D eigenvalue weighted by Gasteiger charge is -2.16. The minimum absolute atomic E-state index is 0.143. The number of benzene rings is 1. The highest BCUT2D eigenvalue weighted by atomic mass is 35.5. The highest BCUT2D eigenvalue weighted by molar-refractivity contribution is 6.32. The van der Waals surface area contributed by atoms with Crippen LogP contribution in [0.4, 0.5) is 22.0 Å². The zero-order valence-electron chi connectivity index (χ0n) is 12.8. The second-order valence-corrected chi connectivity index (χ2v) is 5.77. The SMILES string of the molecule is O=C([O-])c1cc(Cl)c(Oc2cnc(OCC(F)(F)C(F)F)c(Cl)c2)cc1F. The number of nitrogens with zero attached hydrogens (tertiary/aromatic N) is 1. The summed E-state index contributed by atoms with van der Waals surface area (Å²) in [5, 5.41) is 10.1. The van der Waals surface area contributed by atoms with E-state index < -0.39 is 42.2 Å². The average Bonchev–Trinajstić information content (AvgIpc) is 2.56. The largest absolute Gasteiger partial charge is 0.545 e. The molecule has 0 saturated heterocycles. The van der Waals surface area contributed by atoms with Gasteiger partial charge in [0.25, 0.3) is 0 Å². The third kappa shape index (κ3) is 5.10. The Kier molecular flexibility index (Phi) is 6.32. The molecular formula is C15H7Cl2F5NO4-. The Labute approximate surface area is 158 Å². The molecule has 0 aliphatic heterocycles. The molecule has 0 bridgehead atoms. The molecule has 2 aromatic rings. The molecule has 0 radical (unpaired) electrons. The van der Waals surface area contributed by atoms with Gasteiger partial charge in [0.2, 0.25) is 5.88 Å². The molecule has 0 N–H and O–H groups in total. The number of aromatic nitrogens is 1. The van der Waals surface area contributed by atoms with Gasteiger partial charge in [0.05, 0.1) is 17.2 Å². The third-order valence-electron chi connectivity index (χ3n) is 2.97. The van der Waals surface area contributed by atoms with Gasteiger partial charge in [0.1, 0.15) is 22.3 Å². The van der Waals surface area contributed by atoms with Gasteiger partial charge in [0.15, 0.2) is 6.61 Å². The monoisotopic (exact) mass is 430 g/mol. The van der Waals surface area contributed by atoms with Crippen molar-refractivity contribution in [2.45, 2.75) is 12.3 Å². The van der Waals surface area contributed by atoms with E-state index in [1.807, 2.05) is 0 Å². The predicted octanol–water partition coefficient (Wildman–Crippen LogP) is 3.96. The Morgan fingerprint density at radius 3 is 2.44 bits per heavy atom. The van der Waals surface area contributed by atoms with Gasteiger partial charge in [-0.2, -0.15) is 8.78 Å². The molecule has 0 amide bonds. The summed E-state index contributed by atoms with van der Waals surface area (Å²) in [6, 6.07) is 2.46. The topological polar surface area (TPSA) is 71.5 Å². The Bertz CT molecular complexity index is 866. The van der Waals surface area contributed by atoms with Crippen molar-refractivity contribution >= 4 is 29.2 Å². The number of carbonyl (C=O) groups excluding carboxylic acids is 1. The highest BCUT2D eigenvalue weighted by Crippen LogP contribution is 2.34. The minimum Gasteiger partial charge on any atom is -0.545 e. The lowest BCUT2D eigenvalue weighted by Crippen LogP contribution is -2.33. The van der Waals surface area contributed by atoms with Gasteiger partial charge in [-0.1, -0.05) is 23.2 Å². The summed E-state index contributed by atoms with van der Waals surface area (Å²) >= 11 is 11.5. The van der Waals surface area contributed by atoms with E-state index >= 15 is 0 Å². The molecule has 0 aliphatic carbocycles. The first-order valence-electron chi connectivity index (χ1n) is 6.84. The number of carboxylic acids is 1. The fraction of sp³-hybridized carbons (Fsp3) is 0.200. The van der Waals surface area contributed by atoms with Crippen LogP contribution in [0, 0.1) is 5.82 Å². The number of hydrogen-bond donors (Lipinski definition) is 0. The molecule has 27 heavy (non-hydrogen) atoms. The molecule has 1 aromatic carbocycles. The van der Waals surface area contributed by atoms with Crippen LogP contribution in [0.3, 0.4) is 0 Å². The summed E-state index contributed by atoms with van der Waals surface area (Å²) in [4.78, 5) is 14.2. The van der Waals surface area contributed by atoms with Crippen LogP contribution < -0.4 is 14.6 Å². The van der Waals surface area contributed by atoms with Crippen LogP contribution >= 0.6 is 23.2 Å². The van der Waals surface area contributed by atoms with E-state index in [0.29, 0.717) is 6.07 Å². The number of pyridine rings is 1. The van der Waals surface area contributed by atoms with Crippen molar-refractivity contribution in [1.82, 2.24) is 4.98 Å². The van der Waals surface area contributed by atoms with Crippen LogP contribution in [-0.2, 0) is 0 Å². The number of hydrogen-bond acceptors (Lipinski definition) is 5. The molecule has 5 nitrogen and oxygen atoms in total. The number of ether oxygens (including phenoxy) is 2. The number of carboxylic acid groups (broad SMARTS) is 1. The van der Waals surface area contributed by atoms with Crippen LogP contribution in [0.5, 0.6) is 17.4 Å². The molecular weight excluding hydrogens is 424 g/mol. The van der Waals surface area contributed by atoms with Crippen molar-refractivity contribution in [3.05, 3.63) is 45.8 Å². The summed E-state index contributed by atoms with van der Waals surface area (Å²) in [6.45, 7) is -1.65. The second kappa shape index (κ2) is 8.13. The zero-order valence-corrected chi connectivity index (χ0v) is 14.3. The van der Waals surface area contributed by atoms with E-state index in [2.05, 4.69) is 9.72 Å². The molecule has 0 unspecified atom stereocenters. The minimum atomic E-state index is -4.40. The predicted molar refractivity (Wildman–Crippen MR) is 81.5 cm³/mol. The van der Waals surface area contributed by atoms with E-state index in [-0.39, 0.29) is 21.5 Å². The molecule has 0 fully saturated rings. The normalized spacial score (nSPS) is 11.6. The van der Waals surface area contributed by atoms with Gasteiger partial charge >= 0.3 is 12.3 Å². The van der Waals surface area contributed by atoms with Crippen LogP contribution in [0.25, 0.3) is 0 Å². The molecule has 2 rings (SSSR count). The Morgan fingerprint density at radius 2 is 1.89 bits per heavy atom. The smallest absolute Gasteiger partial charge is 0.340 e. The first-order chi connectivity index (χ1) is 12.5. The number of alkyl halides is 4. The van der Waals surface area contributed by atoms with Gasteiger partial charge in [-0.15, -0.1) is 0 Å². The van der Waals surface area contributed by atoms with Crippen molar-refractivity contribution in [3.8, 4) is 17.4 Å². The number of aromatic carboxylic acids is 1. The van der Waals surface area contributed by atoms with Crippen LogP contribution in [0.2, 0.25) is 10.0 Å². The zero-order chi connectivity index (χ0) is 20.4. The van der Waals surface area contributed by atoms with E-state index in [1.165, 1.54) is 0 Å². The first-order valence-corrected chi connectivity index (χ1v) is 7.59. The van der Waals surface area contributed by atoms with Crippen molar-refractivity contribution in [2.24, 2.45) is 0 Å². The van der Waals surface area contributed by atoms with Crippen LogP contribution in [0.15, 0.2) is 24.4 Å². The molecule has 1 heterocycles. The number of halogens is 7. The third-order valence-corrected chi connectivity index (χ3v) is 3.54. The standard InChI is InChI=1S/C15H8Cl2F5NO4/c16-8-2-7(13(24)25)10(18)3-11(8)27-6-1-9(17)12(23-4-6)26-5-15(21,22)14(19)20/h1-4,14H,5H2,(H,24,25)/p-1. The Morgan fingerprint density at radius 1 is 1.22 bits per heavy atom. The lowest BCUT2D eigenvalue weighted by molar-refractivity contribution is -0.255. The van der Waals surface area contributed by atoms with Gasteiger partial charge in [0, 0.05) is 17.7 Å². The van der Waals surface area contributed by atoms with Gasteiger partial charge < -0.3 is 19.4 Å². The Balaban J connectivity index is 2.17. The fourth-order valence-electron chi connectivity index (χ4n) is 1.69. The first kappa shape index (κ1) is 21.0. The molecule has 0 aliphatic rings. The van der Waals surface area contributed by atoms with Crippen molar-refractivity contribution in [2.75, 3.05) is 6.61 Å². The van der Waals surface area contributed by atoms with Gasteiger partial charge in [-0.25, -0.2) is 18.2 Å². The van der Waals surface area contributed by atoms with E-state index in [1.54, 1.807) is 0 Å². The molecule has 0 saturated carbocycles. The van der Waals surface area contributed by atoms with Crippen molar-refractivity contribution < 1.29 is 41.3 Å². The molecule has 146 valence electrons. The Hall–Kier alpha value is -2.33. The summed E-state index contributed by atoms with van der Waals surface area (Å²) in [7, 11) is 0. The quantitative estimate of drug-likeness (QED) is 0.621. The fourth-order valence-corrected chi connectivity index (χ4v) is 2.10. The molecule has 0 spiro atoms. The van der Waals surface area contributed by atoms with Crippen molar-refractivity contribution in [3.63, 3.8) is 0 Å². The second-order valence-electron chi connectivity index (χ2n) is 4.96. The highest BCUT2D eigenvalue weighted by Gasteiger charge is 2.42. The maximum Gasteiger partial charge on any atom is 0.340 e. The van der Waals surface area contributed by atoms with Crippen LogP contribution in [-0.4, -0.2) is 29.9 Å². The summed E-state index contributed by atoms with van der Waals surface area (Å²) in [6.07, 6.45) is -3.01. The average molecular weight is 431 g/mol. The molecule has 1 aromatic heterocycles. The summed E-state index contributed by atoms with van der Waals surface area (Å²) < 4.78 is 73.1. The van der Waals surface area contributed by atoms with E-state index in [9.17, 15) is 31.9 Å².